The maximum atomic E-state index is 12.0. The fourth-order valence-electron chi connectivity index (χ4n) is 1.99. The fourth-order valence-corrected chi connectivity index (χ4v) is 2.61. The summed E-state index contributed by atoms with van der Waals surface area (Å²) in [7, 11) is -1.63. The molecule has 0 radical (unpaired) electrons. The molecule has 7 heteroatoms. The molecule has 0 aliphatic heterocycles. The van der Waals surface area contributed by atoms with Gasteiger partial charge in [-0.15, -0.1) is 0 Å². The number of nitrogens with one attached hydrogen (secondary N) is 2. The van der Waals surface area contributed by atoms with Crippen molar-refractivity contribution in [2.45, 2.75) is 20.8 Å². The molecule has 0 fully saturated rings. The number of amides is 1. The molecule has 1 rings (SSSR count). The van der Waals surface area contributed by atoms with Crippen molar-refractivity contribution in [2.75, 3.05) is 26.0 Å². The number of hydrogen-bond acceptors (Lipinski definition) is 4. The highest BCUT2D eigenvalue weighted by Crippen LogP contribution is 2.24. The Morgan fingerprint density at radius 3 is 2.24 bits per heavy atom. The van der Waals surface area contributed by atoms with Crippen LogP contribution in [0.4, 0.5) is 0 Å². The number of rotatable bonds is 7. The lowest BCUT2D eigenvalue weighted by Gasteiger charge is -2.11. The zero-order valence-electron chi connectivity index (χ0n) is 12.8. The third-order valence-electron chi connectivity index (χ3n) is 3.04. The van der Waals surface area contributed by atoms with Gasteiger partial charge in [0.25, 0.3) is 5.91 Å². The molecule has 0 aliphatic carbocycles. The van der Waals surface area contributed by atoms with Crippen molar-refractivity contribution in [2.24, 2.45) is 0 Å². The number of carbonyl (C=O) groups is 1. The summed E-state index contributed by atoms with van der Waals surface area (Å²) >= 11 is 0. The number of methoxy groups -OCH3 is 1. The Bertz CT molecular complexity index is 588. The lowest BCUT2D eigenvalue weighted by Crippen LogP contribution is -2.35. The Balaban J connectivity index is 2.61. The quantitative estimate of drug-likeness (QED) is 0.735. The van der Waals surface area contributed by atoms with E-state index in [1.54, 1.807) is 26.2 Å². The van der Waals surface area contributed by atoms with Crippen LogP contribution in [0.3, 0.4) is 0 Å². The van der Waals surface area contributed by atoms with Crippen LogP contribution in [0.25, 0.3) is 0 Å². The van der Waals surface area contributed by atoms with E-state index in [0.717, 1.165) is 16.9 Å². The molecule has 2 N–H and O–H groups in total. The highest BCUT2D eigenvalue weighted by atomic mass is 32.2. The maximum absolute atomic E-state index is 12.0. The van der Waals surface area contributed by atoms with Gasteiger partial charge in [0.2, 0.25) is 10.0 Å². The van der Waals surface area contributed by atoms with E-state index < -0.39 is 10.0 Å². The third kappa shape index (κ3) is 5.02. The van der Waals surface area contributed by atoms with Crippen LogP contribution in [0.15, 0.2) is 12.1 Å². The Morgan fingerprint density at radius 1 is 1.19 bits per heavy atom. The molecule has 1 aromatic rings. The Kier molecular flexibility index (Phi) is 6.17. The van der Waals surface area contributed by atoms with Crippen molar-refractivity contribution in [3.63, 3.8) is 0 Å². The minimum absolute atomic E-state index is 0.0256. The van der Waals surface area contributed by atoms with E-state index in [2.05, 4.69) is 10.0 Å². The molecule has 1 aromatic carbocycles. The Morgan fingerprint density at radius 2 is 1.76 bits per heavy atom. The monoisotopic (exact) mass is 314 g/mol. The fraction of sp³-hybridized carbons (Fsp3) is 0.500. The van der Waals surface area contributed by atoms with Crippen LogP contribution in [0.1, 0.15) is 28.4 Å². The van der Waals surface area contributed by atoms with Crippen molar-refractivity contribution in [1.29, 1.82) is 0 Å². The van der Waals surface area contributed by atoms with E-state index in [-0.39, 0.29) is 24.7 Å². The van der Waals surface area contributed by atoms with Crippen molar-refractivity contribution in [1.82, 2.24) is 10.0 Å². The number of sulfonamides is 1. The molecule has 21 heavy (non-hydrogen) atoms. The van der Waals surface area contributed by atoms with E-state index in [9.17, 15) is 13.2 Å². The standard InChI is InChI=1S/C14H22N2O4S/c1-5-21(18,19)16-7-6-15-14(17)12-8-10(2)13(20-4)11(3)9-12/h8-9,16H,5-7H2,1-4H3,(H,15,17). The first-order chi connectivity index (χ1) is 9.80. The van der Waals surface area contributed by atoms with Gasteiger partial charge >= 0.3 is 0 Å². The molecular weight excluding hydrogens is 292 g/mol. The van der Waals surface area contributed by atoms with E-state index in [4.69, 9.17) is 4.74 Å². The smallest absolute Gasteiger partial charge is 0.251 e. The van der Waals surface area contributed by atoms with Crippen molar-refractivity contribution >= 4 is 15.9 Å². The van der Waals surface area contributed by atoms with Crippen molar-refractivity contribution in [3.05, 3.63) is 28.8 Å². The van der Waals surface area contributed by atoms with Crippen LogP contribution in [0.2, 0.25) is 0 Å². The summed E-state index contributed by atoms with van der Waals surface area (Å²) < 4.78 is 30.1. The van der Waals surface area contributed by atoms with Crippen LogP contribution in [-0.4, -0.2) is 40.3 Å². The van der Waals surface area contributed by atoms with E-state index in [0.29, 0.717) is 5.56 Å². The van der Waals surface area contributed by atoms with Gasteiger partial charge in [-0.1, -0.05) is 0 Å². The summed E-state index contributed by atoms with van der Waals surface area (Å²) in [4.78, 5) is 12.0. The average molecular weight is 314 g/mol. The molecule has 0 unspecified atom stereocenters. The predicted octanol–water partition coefficient (Wildman–Crippen LogP) is 0.981. The lowest BCUT2D eigenvalue weighted by molar-refractivity contribution is 0.0954. The Labute approximate surface area is 125 Å². The number of hydrogen-bond donors (Lipinski definition) is 2. The van der Waals surface area contributed by atoms with E-state index in [1.807, 2.05) is 13.8 Å². The number of carbonyl (C=O) groups excluding carboxylic acids is 1. The van der Waals surface area contributed by atoms with Gasteiger partial charge in [0, 0.05) is 18.7 Å². The van der Waals surface area contributed by atoms with Gasteiger partial charge in [-0.2, -0.15) is 0 Å². The summed E-state index contributed by atoms with van der Waals surface area (Å²) in [6.07, 6.45) is 0. The molecule has 0 saturated carbocycles. The van der Waals surface area contributed by atoms with Gasteiger partial charge in [-0.05, 0) is 44.0 Å². The van der Waals surface area contributed by atoms with Gasteiger partial charge in [0.05, 0.1) is 12.9 Å². The molecule has 0 heterocycles. The molecule has 6 nitrogen and oxygen atoms in total. The van der Waals surface area contributed by atoms with Gasteiger partial charge in [0.1, 0.15) is 5.75 Å². The summed E-state index contributed by atoms with van der Waals surface area (Å²) in [6, 6.07) is 3.49. The molecule has 0 aromatic heterocycles. The lowest BCUT2D eigenvalue weighted by atomic mass is 10.1. The largest absolute Gasteiger partial charge is 0.496 e. The highest BCUT2D eigenvalue weighted by Gasteiger charge is 2.11. The normalized spacial score (nSPS) is 11.2. The molecule has 0 saturated heterocycles. The van der Waals surface area contributed by atoms with Crippen LogP contribution >= 0.6 is 0 Å². The van der Waals surface area contributed by atoms with Crippen molar-refractivity contribution in [3.8, 4) is 5.75 Å². The molecule has 1 amide bonds. The topological polar surface area (TPSA) is 84.5 Å². The SMILES string of the molecule is CCS(=O)(=O)NCCNC(=O)c1cc(C)c(OC)c(C)c1. The molecule has 118 valence electrons. The third-order valence-corrected chi connectivity index (χ3v) is 4.44. The van der Waals surface area contributed by atoms with Crippen LogP contribution < -0.4 is 14.8 Å². The first kappa shape index (κ1) is 17.5. The summed E-state index contributed by atoms with van der Waals surface area (Å²) in [5.41, 5.74) is 2.30. The summed E-state index contributed by atoms with van der Waals surface area (Å²) in [5, 5.41) is 2.68. The minimum Gasteiger partial charge on any atom is -0.496 e. The molecule has 0 spiro atoms. The first-order valence-corrected chi connectivity index (χ1v) is 8.36. The first-order valence-electron chi connectivity index (χ1n) is 6.71. The second-order valence-corrected chi connectivity index (χ2v) is 6.79. The Hall–Kier alpha value is -1.60. The van der Waals surface area contributed by atoms with Gasteiger partial charge in [0.15, 0.2) is 0 Å². The van der Waals surface area contributed by atoms with Crippen molar-refractivity contribution < 1.29 is 17.9 Å². The van der Waals surface area contributed by atoms with E-state index in [1.165, 1.54) is 0 Å². The summed E-state index contributed by atoms with van der Waals surface area (Å²) in [6.45, 7) is 5.72. The minimum atomic E-state index is -3.22. The van der Waals surface area contributed by atoms with Crippen LogP contribution in [0, 0.1) is 13.8 Å². The second kappa shape index (κ2) is 7.42. The van der Waals surface area contributed by atoms with Gasteiger partial charge < -0.3 is 10.1 Å². The zero-order valence-corrected chi connectivity index (χ0v) is 13.6. The molecular formula is C14H22N2O4S. The number of benzene rings is 1. The molecule has 0 aliphatic rings. The molecule has 0 bridgehead atoms. The number of ether oxygens (including phenoxy) is 1. The zero-order chi connectivity index (χ0) is 16.0. The molecule has 0 atom stereocenters. The summed E-state index contributed by atoms with van der Waals surface area (Å²) in [5.74, 6) is 0.555. The van der Waals surface area contributed by atoms with Gasteiger partial charge in [-0.3, -0.25) is 4.79 Å². The number of aryl methyl sites for hydroxylation is 2. The average Bonchev–Trinajstić information content (AvgIpc) is 2.43. The second-order valence-electron chi connectivity index (χ2n) is 4.70. The predicted molar refractivity (Wildman–Crippen MR) is 82.3 cm³/mol. The highest BCUT2D eigenvalue weighted by molar-refractivity contribution is 7.89. The van der Waals surface area contributed by atoms with Gasteiger partial charge in [-0.25, -0.2) is 13.1 Å². The maximum Gasteiger partial charge on any atom is 0.251 e. The van der Waals surface area contributed by atoms with Crippen LogP contribution in [-0.2, 0) is 10.0 Å². The van der Waals surface area contributed by atoms with E-state index >= 15 is 0 Å². The van der Waals surface area contributed by atoms with Crippen LogP contribution in [0.5, 0.6) is 5.75 Å².